The van der Waals surface area contributed by atoms with Gasteiger partial charge in [0.2, 0.25) is 0 Å². The number of hydrogen-bond donors (Lipinski definition) is 3. The first-order chi connectivity index (χ1) is 17.3. The molecule has 0 atom stereocenters. The number of nitrogens with zero attached hydrogens (tertiary/aromatic N) is 1. The highest BCUT2D eigenvalue weighted by atomic mass is 35.5. The zero-order chi connectivity index (χ0) is 26.1. The maximum Gasteiger partial charge on any atom is 0.329 e. The van der Waals surface area contributed by atoms with Gasteiger partial charge in [0.05, 0.1) is 29.1 Å². The van der Waals surface area contributed by atoms with Crippen molar-refractivity contribution in [3.63, 3.8) is 0 Å². The number of benzene rings is 3. The van der Waals surface area contributed by atoms with Crippen molar-refractivity contribution in [2.24, 2.45) is 5.10 Å². The van der Waals surface area contributed by atoms with Gasteiger partial charge < -0.3 is 20.1 Å². The van der Waals surface area contributed by atoms with Crippen LogP contribution < -0.4 is 25.5 Å². The van der Waals surface area contributed by atoms with Gasteiger partial charge >= 0.3 is 11.8 Å². The molecule has 9 nitrogen and oxygen atoms in total. The topological polar surface area (TPSA) is 118 Å². The minimum absolute atomic E-state index is 0.131. The third-order valence-electron chi connectivity index (χ3n) is 4.42. The maximum absolute atomic E-state index is 12.2. The molecule has 0 aromatic heterocycles. The zero-order valence-electron chi connectivity index (χ0n) is 18.7. The Morgan fingerprint density at radius 3 is 2.42 bits per heavy atom. The van der Waals surface area contributed by atoms with E-state index in [0.717, 1.165) is 0 Å². The van der Waals surface area contributed by atoms with Gasteiger partial charge in [-0.1, -0.05) is 53.0 Å². The quantitative estimate of drug-likeness (QED) is 0.213. The number of ether oxygens (including phenoxy) is 2. The molecule has 0 aliphatic heterocycles. The third kappa shape index (κ3) is 7.61. The minimum Gasteiger partial charge on any atom is -0.493 e. The van der Waals surface area contributed by atoms with Crippen LogP contribution in [0, 0.1) is 0 Å². The fourth-order valence-corrected chi connectivity index (χ4v) is 3.46. The van der Waals surface area contributed by atoms with Gasteiger partial charge in [0.25, 0.3) is 5.91 Å². The van der Waals surface area contributed by atoms with Crippen LogP contribution in [0.1, 0.15) is 5.56 Å². The number of para-hydroxylation sites is 1. The van der Waals surface area contributed by atoms with E-state index in [2.05, 4.69) is 21.2 Å². The van der Waals surface area contributed by atoms with Crippen molar-refractivity contribution in [1.29, 1.82) is 0 Å². The molecule has 186 valence electrons. The molecular formula is C24H19Cl3N4O5. The summed E-state index contributed by atoms with van der Waals surface area (Å²) in [7, 11) is 1.39. The van der Waals surface area contributed by atoms with Crippen molar-refractivity contribution in [1.82, 2.24) is 5.43 Å². The first kappa shape index (κ1) is 26.8. The van der Waals surface area contributed by atoms with Crippen LogP contribution in [0.25, 0.3) is 0 Å². The van der Waals surface area contributed by atoms with Crippen molar-refractivity contribution in [3.8, 4) is 11.5 Å². The molecule has 0 saturated carbocycles. The highest BCUT2D eigenvalue weighted by Crippen LogP contribution is 2.36. The standard InChI is InChI=1S/C24H19Cl3N4O5/c1-35-20-10-14(12-28-31-24(34)23(33)29-16-6-4-5-15(25)11-16)9-18(27)22(20)36-13-21(32)30-19-8-3-2-7-17(19)26/h2-12H,13H2,1H3,(H,29,33)(H,30,32)(H,31,34)/b28-12-. The number of anilines is 2. The Kier molecular flexibility index (Phi) is 9.52. The summed E-state index contributed by atoms with van der Waals surface area (Å²) in [6, 6.07) is 16.1. The van der Waals surface area contributed by atoms with E-state index in [4.69, 9.17) is 44.3 Å². The Bertz CT molecular complexity index is 1320. The highest BCUT2D eigenvalue weighted by molar-refractivity contribution is 6.40. The van der Waals surface area contributed by atoms with E-state index in [1.165, 1.54) is 31.5 Å². The van der Waals surface area contributed by atoms with Crippen molar-refractivity contribution in [2.75, 3.05) is 24.4 Å². The second kappa shape index (κ2) is 12.8. The lowest BCUT2D eigenvalue weighted by molar-refractivity contribution is -0.136. The molecule has 0 heterocycles. The van der Waals surface area contributed by atoms with Crippen molar-refractivity contribution >= 4 is 70.1 Å². The summed E-state index contributed by atoms with van der Waals surface area (Å²) in [5, 5.41) is 9.72. The number of hydrogen-bond acceptors (Lipinski definition) is 6. The SMILES string of the molecule is COc1cc(/C=N\NC(=O)C(=O)Nc2cccc(Cl)c2)cc(Cl)c1OCC(=O)Nc1ccccc1Cl. The first-order valence-electron chi connectivity index (χ1n) is 10.2. The van der Waals surface area contributed by atoms with Gasteiger partial charge in [0.1, 0.15) is 0 Å². The van der Waals surface area contributed by atoms with Gasteiger partial charge in [-0.25, -0.2) is 5.43 Å². The summed E-state index contributed by atoms with van der Waals surface area (Å²) in [5.74, 6) is -2.02. The second-order valence-electron chi connectivity index (χ2n) is 7.01. The molecule has 0 aliphatic rings. The predicted octanol–water partition coefficient (Wildman–Crippen LogP) is 4.76. The Balaban J connectivity index is 1.59. The Hall–Kier alpha value is -3.79. The Morgan fingerprint density at radius 2 is 1.69 bits per heavy atom. The average Bonchev–Trinajstić information content (AvgIpc) is 2.84. The molecule has 3 aromatic rings. The third-order valence-corrected chi connectivity index (χ3v) is 5.26. The van der Waals surface area contributed by atoms with E-state index >= 15 is 0 Å². The van der Waals surface area contributed by atoms with Gasteiger partial charge in [0, 0.05) is 10.7 Å². The van der Waals surface area contributed by atoms with Crippen molar-refractivity contribution < 1.29 is 23.9 Å². The number of rotatable bonds is 8. The van der Waals surface area contributed by atoms with Gasteiger partial charge in [-0.2, -0.15) is 5.10 Å². The van der Waals surface area contributed by atoms with E-state index in [9.17, 15) is 14.4 Å². The minimum atomic E-state index is -0.992. The normalized spacial score (nSPS) is 10.6. The average molecular weight is 550 g/mol. The predicted molar refractivity (Wildman–Crippen MR) is 139 cm³/mol. The smallest absolute Gasteiger partial charge is 0.329 e. The van der Waals surface area contributed by atoms with Gasteiger partial charge in [0.15, 0.2) is 18.1 Å². The van der Waals surface area contributed by atoms with Gasteiger partial charge in [-0.05, 0) is 48.0 Å². The van der Waals surface area contributed by atoms with E-state index in [1.807, 2.05) is 0 Å². The summed E-state index contributed by atoms with van der Waals surface area (Å²) < 4.78 is 10.8. The molecule has 12 heteroatoms. The van der Waals surface area contributed by atoms with Crippen LogP contribution in [0.5, 0.6) is 11.5 Å². The number of halogens is 3. The van der Waals surface area contributed by atoms with Crippen LogP contribution in [0.3, 0.4) is 0 Å². The lowest BCUT2D eigenvalue weighted by Gasteiger charge is -2.13. The molecule has 0 unspecified atom stereocenters. The van der Waals surface area contributed by atoms with Gasteiger partial charge in [-0.3, -0.25) is 14.4 Å². The van der Waals surface area contributed by atoms with Crippen molar-refractivity contribution in [2.45, 2.75) is 0 Å². The molecular weight excluding hydrogens is 531 g/mol. The molecule has 36 heavy (non-hydrogen) atoms. The van der Waals surface area contributed by atoms with Gasteiger partial charge in [-0.15, -0.1) is 0 Å². The number of nitrogens with one attached hydrogen (secondary N) is 3. The fourth-order valence-electron chi connectivity index (χ4n) is 2.81. The Labute approximate surface area is 221 Å². The number of carbonyl (C=O) groups excluding carboxylic acids is 3. The molecule has 0 radical (unpaired) electrons. The summed E-state index contributed by atoms with van der Waals surface area (Å²) in [4.78, 5) is 36.2. The molecule has 3 aromatic carbocycles. The number of carbonyl (C=O) groups is 3. The summed E-state index contributed by atoms with van der Waals surface area (Å²) in [6.07, 6.45) is 1.26. The lowest BCUT2D eigenvalue weighted by Crippen LogP contribution is -2.32. The molecule has 3 amide bonds. The van der Waals surface area contributed by atoms with Crippen LogP contribution in [0.15, 0.2) is 65.8 Å². The van der Waals surface area contributed by atoms with E-state index < -0.39 is 17.7 Å². The number of methoxy groups -OCH3 is 1. The molecule has 0 fully saturated rings. The highest BCUT2D eigenvalue weighted by Gasteiger charge is 2.15. The van der Waals surface area contributed by atoms with E-state index in [-0.39, 0.29) is 23.1 Å². The van der Waals surface area contributed by atoms with Crippen LogP contribution in [0.2, 0.25) is 15.1 Å². The van der Waals surface area contributed by atoms with Crippen LogP contribution in [0.4, 0.5) is 11.4 Å². The second-order valence-corrected chi connectivity index (χ2v) is 8.27. The summed E-state index contributed by atoms with van der Waals surface area (Å²) >= 11 is 18.2. The molecule has 0 bridgehead atoms. The van der Waals surface area contributed by atoms with E-state index in [1.54, 1.807) is 42.5 Å². The summed E-state index contributed by atoms with van der Waals surface area (Å²) in [5.41, 5.74) is 3.35. The molecule has 3 N–H and O–H groups in total. The first-order valence-corrected chi connectivity index (χ1v) is 11.3. The van der Waals surface area contributed by atoms with Crippen LogP contribution in [-0.2, 0) is 14.4 Å². The lowest BCUT2D eigenvalue weighted by atomic mass is 10.2. The molecule has 0 saturated heterocycles. The zero-order valence-corrected chi connectivity index (χ0v) is 20.9. The molecule has 0 spiro atoms. The van der Waals surface area contributed by atoms with E-state index in [0.29, 0.717) is 27.0 Å². The maximum atomic E-state index is 12.2. The van der Waals surface area contributed by atoms with Crippen molar-refractivity contribution in [3.05, 3.63) is 81.3 Å². The Morgan fingerprint density at radius 1 is 0.917 bits per heavy atom. The largest absolute Gasteiger partial charge is 0.493 e. The number of hydrazone groups is 1. The van der Waals surface area contributed by atoms with Crippen LogP contribution in [-0.4, -0.2) is 37.7 Å². The number of amides is 3. The molecule has 0 aliphatic carbocycles. The fraction of sp³-hybridized carbons (Fsp3) is 0.0833. The monoisotopic (exact) mass is 548 g/mol. The van der Waals surface area contributed by atoms with Crippen LogP contribution >= 0.6 is 34.8 Å². The summed E-state index contributed by atoms with van der Waals surface area (Å²) in [6.45, 7) is -0.355. The molecule has 3 rings (SSSR count).